The largest absolute Gasteiger partial charge is 0.497 e. The minimum Gasteiger partial charge on any atom is -0.497 e. The first-order valence-corrected chi connectivity index (χ1v) is 10.8. The number of nitrogens with one attached hydrogen (secondary N) is 1. The van der Waals surface area contributed by atoms with Gasteiger partial charge in [-0.25, -0.2) is 13.6 Å². The normalized spacial score (nSPS) is 22.4. The first-order chi connectivity index (χ1) is 13.4. The van der Waals surface area contributed by atoms with E-state index < -0.39 is 15.4 Å². The van der Waals surface area contributed by atoms with Crippen LogP contribution in [0, 0.1) is 11.3 Å². The molecule has 0 saturated heterocycles. The molecule has 1 aliphatic carbocycles. The summed E-state index contributed by atoms with van der Waals surface area (Å²) in [7, 11) is -2.07. The molecule has 2 aromatic rings. The number of methoxy groups -OCH3 is 1. The maximum absolute atomic E-state index is 11.5. The fourth-order valence-electron chi connectivity index (χ4n) is 3.80. The third-order valence-electron chi connectivity index (χ3n) is 5.50. The standard InChI is InChI=1S/C21H25N3O3S/c1-27-19-6-3-5-17(13-19)21(15-22)10-8-18(9-11-21)24-14-16-4-2-7-20(12-16)28(23,25)26/h2-7,12-13,18,24H,8-11,14H2,1H3,(H2,23,25,26). The third-order valence-corrected chi connectivity index (χ3v) is 6.41. The highest BCUT2D eigenvalue weighted by atomic mass is 32.2. The Morgan fingerprint density at radius 1 is 1.21 bits per heavy atom. The molecule has 0 radical (unpaired) electrons. The minimum atomic E-state index is -3.70. The molecule has 0 aromatic heterocycles. The van der Waals surface area contributed by atoms with Crippen molar-refractivity contribution in [2.75, 3.05) is 7.11 Å². The lowest BCUT2D eigenvalue weighted by Crippen LogP contribution is -2.39. The molecule has 0 heterocycles. The monoisotopic (exact) mass is 399 g/mol. The van der Waals surface area contributed by atoms with Crippen molar-refractivity contribution in [1.29, 1.82) is 5.26 Å². The lowest BCUT2D eigenvalue weighted by Gasteiger charge is -2.36. The highest BCUT2D eigenvalue weighted by Gasteiger charge is 2.37. The first-order valence-electron chi connectivity index (χ1n) is 9.27. The van der Waals surface area contributed by atoms with Gasteiger partial charge in [0.1, 0.15) is 5.75 Å². The Morgan fingerprint density at radius 3 is 2.57 bits per heavy atom. The summed E-state index contributed by atoms with van der Waals surface area (Å²) < 4.78 is 28.3. The van der Waals surface area contributed by atoms with Crippen LogP contribution in [0.25, 0.3) is 0 Å². The van der Waals surface area contributed by atoms with E-state index in [1.54, 1.807) is 19.2 Å². The summed E-state index contributed by atoms with van der Waals surface area (Å²) in [5.41, 5.74) is 1.39. The van der Waals surface area contributed by atoms with Crippen molar-refractivity contribution in [3.8, 4) is 11.8 Å². The van der Waals surface area contributed by atoms with E-state index in [0.29, 0.717) is 6.54 Å². The number of hydrogen-bond donors (Lipinski definition) is 2. The van der Waals surface area contributed by atoms with Gasteiger partial charge in [0, 0.05) is 12.6 Å². The third kappa shape index (κ3) is 4.53. The molecular formula is C21H25N3O3S. The molecule has 1 aliphatic rings. The highest BCUT2D eigenvalue weighted by Crippen LogP contribution is 2.40. The van der Waals surface area contributed by atoms with Crippen LogP contribution in [0.4, 0.5) is 0 Å². The molecule has 0 atom stereocenters. The molecule has 6 nitrogen and oxygen atoms in total. The fourth-order valence-corrected chi connectivity index (χ4v) is 4.38. The van der Waals surface area contributed by atoms with Gasteiger partial charge in [0.05, 0.1) is 23.5 Å². The molecule has 7 heteroatoms. The number of hydrogen-bond acceptors (Lipinski definition) is 5. The van der Waals surface area contributed by atoms with Gasteiger partial charge < -0.3 is 10.1 Å². The average molecular weight is 400 g/mol. The van der Waals surface area contributed by atoms with Crippen LogP contribution >= 0.6 is 0 Å². The van der Waals surface area contributed by atoms with Crippen molar-refractivity contribution < 1.29 is 13.2 Å². The molecule has 1 fully saturated rings. The molecular weight excluding hydrogens is 374 g/mol. The van der Waals surface area contributed by atoms with Crippen molar-refractivity contribution in [2.24, 2.45) is 5.14 Å². The van der Waals surface area contributed by atoms with E-state index in [2.05, 4.69) is 11.4 Å². The second kappa shape index (κ2) is 8.31. The maximum atomic E-state index is 11.5. The number of nitrogens with zero attached hydrogens (tertiary/aromatic N) is 1. The Bertz CT molecular complexity index is 974. The van der Waals surface area contributed by atoms with Crippen LogP contribution in [0.5, 0.6) is 5.75 Å². The van der Waals surface area contributed by atoms with Crippen molar-refractivity contribution in [3.63, 3.8) is 0 Å². The predicted molar refractivity (Wildman–Crippen MR) is 107 cm³/mol. The lowest BCUT2D eigenvalue weighted by molar-refractivity contribution is 0.294. The number of nitriles is 1. The van der Waals surface area contributed by atoms with E-state index in [1.807, 2.05) is 30.3 Å². The topological polar surface area (TPSA) is 105 Å². The van der Waals surface area contributed by atoms with Crippen LogP contribution in [0.15, 0.2) is 53.4 Å². The molecule has 0 amide bonds. The molecule has 1 saturated carbocycles. The van der Waals surface area contributed by atoms with Crippen LogP contribution in [0.2, 0.25) is 0 Å². The Hall–Kier alpha value is -2.40. The fraction of sp³-hybridized carbons (Fsp3) is 0.381. The average Bonchev–Trinajstić information content (AvgIpc) is 2.72. The SMILES string of the molecule is COc1cccc(C2(C#N)CCC(NCc3cccc(S(N)(=O)=O)c3)CC2)c1. The van der Waals surface area contributed by atoms with Gasteiger partial charge in [0.15, 0.2) is 0 Å². The van der Waals surface area contributed by atoms with Crippen molar-refractivity contribution in [2.45, 2.75) is 48.6 Å². The van der Waals surface area contributed by atoms with Crippen molar-refractivity contribution in [1.82, 2.24) is 5.32 Å². The summed E-state index contributed by atoms with van der Waals surface area (Å²) in [4.78, 5) is 0.122. The van der Waals surface area contributed by atoms with Crippen LogP contribution in [-0.4, -0.2) is 21.6 Å². The molecule has 0 spiro atoms. The summed E-state index contributed by atoms with van der Waals surface area (Å²) in [6, 6.07) is 17.3. The molecule has 0 unspecified atom stereocenters. The Morgan fingerprint density at radius 2 is 1.93 bits per heavy atom. The Balaban J connectivity index is 1.63. The van der Waals surface area contributed by atoms with Gasteiger partial charge in [-0.15, -0.1) is 0 Å². The summed E-state index contributed by atoms with van der Waals surface area (Å²) >= 11 is 0. The Kier molecular flexibility index (Phi) is 6.04. The Labute approximate surface area is 166 Å². The van der Waals surface area contributed by atoms with Gasteiger partial charge in [0.25, 0.3) is 0 Å². The van der Waals surface area contributed by atoms with E-state index >= 15 is 0 Å². The van der Waals surface area contributed by atoms with E-state index in [1.165, 1.54) is 6.07 Å². The summed E-state index contributed by atoms with van der Waals surface area (Å²) in [5, 5.41) is 18.6. The molecule has 0 aliphatic heterocycles. The van der Waals surface area contributed by atoms with Gasteiger partial charge in [-0.3, -0.25) is 0 Å². The molecule has 3 N–H and O–H groups in total. The van der Waals surface area contributed by atoms with E-state index in [-0.39, 0.29) is 10.9 Å². The number of rotatable bonds is 6. The van der Waals surface area contributed by atoms with Crippen LogP contribution in [0.1, 0.15) is 36.8 Å². The maximum Gasteiger partial charge on any atom is 0.238 e. The molecule has 148 valence electrons. The zero-order chi connectivity index (χ0) is 20.2. The molecule has 0 bridgehead atoms. The van der Waals surface area contributed by atoms with Crippen LogP contribution < -0.4 is 15.2 Å². The predicted octanol–water partition coefficient (Wildman–Crippen LogP) is 2.84. The van der Waals surface area contributed by atoms with Crippen molar-refractivity contribution >= 4 is 10.0 Å². The van der Waals surface area contributed by atoms with Crippen LogP contribution in [0.3, 0.4) is 0 Å². The van der Waals surface area contributed by atoms with E-state index in [4.69, 9.17) is 9.88 Å². The van der Waals surface area contributed by atoms with Gasteiger partial charge in [0.2, 0.25) is 10.0 Å². The summed E-state index contributed by atoms with van der Waals surface area (Å²) in [5.74, 6) is 0.766. The van der Waals surface area contributed by atoms with Gasteiger partial charge in [-0.1, -0.05) is 24.3 Å². The van der Waals surface area contributed by atoms with Gasteiger partial charge >= 0.3 is 0 Å². The molecule has 28 heavy (non-hydrogen) atoms. The number of primary sulfonamides is 1. The van der Waals surface area contributed by atoms with Crippen molar-refractivity contribution in [3.05, 3.63) is 59.7 Å². The zero-order valence-corrected chi connectivity index (χ0v) is 16.7. The van der Waals surface area contributed by atoms with Crippen LogP contribution in [-0.2, 0) is 22.0 Å². The first kappa shape index (κ1) is 20.3. The van der Waals surface area contributed by atoms with E-state index in [0.717, 1.165) is 42.6 Å². The highest BCUT2D eigenvalue weighted by molar-refractivity contribution is 7.89. The lowest BCUT2D eigenvalue weighted by atomic mass is 9.69. The summed E-state index contributed by atoms with van der Waals surface area (Å²) in [6.07, 6.45) is 3.29. The van der Waals surface area contributed by atoms with Gasteiger partial charge in [-0.2, -0.15) is 5.26 Å². The zero-order valence-electron chi connectivity index (χ0n) is 15.9. The smallest absolute Gasteiger partial charge is 0.238 e. The minimum absolute atomic E-state index is 0.122. The number of sulfonamides is 1. The second-order valence-corrected chi connectivity index (χ2v) is 8.83. The molecule has 2 aromatic carbocycles. The van der Waals surface area contributed by atoms with E-state index in [9.17, 15) is 13.7 Å². The number of ether oxygens (including phenoxy) is 1. The number of nitrogens with two attached hydrogens (primary N) is 1. The second-order valence-electron chi connectivity index (χ2n) is 7.27. The number of benzene rings is 2. The quantitative estimate of drug-likeness (QED) is 0.777. The molecule has 3 rings (SSSR count). The summed E-state index contributed by atoms with van der Waals surface area (Å²) in [6.45, 7) is 0.562. The van der Waals surface area contributed by atoms with Gasteiger partial charge in [-0.05, 0) is 61.1 Å².